The van der Waals surface area contributed by atoms with Crippen molar-refractivity contribution in [1.82, 2.24) is 15.5 Å². The van der Waals surface area contributed by atoms with Crippen LogP contribution in [0.3, 0.4) is 0 Å². The van der Waals surface area contributed by atoms with Gasteiger partial charge in [-0.25, -0.2) is 0 Å². The summed E-state index contributed by atoms with van der Waals surface area (Å²) in [6.07, 6.45) is 1.83. The fraction of sp³-hybridized carbons (Fsp3) is 0.278. The van der Waals surface area contributed by atoms with Crippen molar-refractivity contribution >= 4 is 0 Å². The molecule has 0 aliphatic heterocycles. The van der Waals surface area contributed by atoms with Gasteiger partial charge in [0, 0.05) is 25.8 Å². The minimum Gasteiger partial charge on any atom is -0.460 e. The third-order valence-electron chi connectivity index (χ3n) is 3.75. The Kier molecular flexibility index (Phi) is 4.90. The molecule has 0 aliphatic carbocycles. The van der Waals surface area contributed by atoms with Gasteiger partial charge in [0.1, 0.15) is 11.5 Å². The average Bonchev–Trinajstić information content (AvgIpc) is 3.18. The summed E-state index contributed by atoms with van der Waals surface area (Å²) in [5.41, 5.74) is 4.46. The van der Waals surface area contributed by atoms with E-state index in [1.807, 2.05) is 37.4 Å². The maximum Gasteiger partial charge on any atom is 0.152 e. The lowest BCUT2D eigenvalue weighted by Gasteiger charge is -2.10. The van der Waals surface area contributed by atoms with Crippen molar-refractivity contribution in [2.24, 2.45) is 0 Å². The van der Waals surface area contributed by atoms with Crippen molar-refractivity contribution < 1.29 is 9.15 Å². The van der Waals surface area contributed by atoms with Crippen LogP contribution < -0.4 is 5.32 Å². The lowest BCUT2D eigenvalue weighted by molar-refractivity contribution is 0.184. The van der Waals surface area contributed by atoms with Gasteiger partial charge in [-0.15, -0.1) is 0 Å². The lowest BCUT2D eigenvalue weighted by Crippen LogP contribution is -2.14. The van der Waals surface area contributed by atoms with Gasteiger partial charge in [-0.1, -0.05) is 24.3 Å². The van der Waals surface area contributed by atoms with Crippen LogP contribution in [0.5, 0.6) is 0 Å². The van der Waals surface area contributed by atoms with E-state index in [1.54, 1.807) is 7.11 Å². The van der Waals surface area contributed by atoms with Crippen molar-refractivity contribution in [3.63, 3.8) is 0 Å². The molecule has 0 aliphatic rings. The molecule has 0 saturated carbocycles. The Balaban J connectivity index is 1.65. The number of aromatic nitrogens is 2. The fourth-order valence-electron chi connectivity index (χ4n) is 2.59. The van der Waals surface area contributed by atoms with Crippen molar-refractivity contribution in [3.8, 4) is 11.5 Å². The number of benzene rings is 1. The van der Waals surface area contributed by atoms with Gasteiger partial charge < -0.3 is 14.5 Å². The van der Waals surface area contributed by atoms with Gasteiger partial charge in [0.05, 0.1) is 12.8 Å². The van der Waals surface area contributed by atoms with E-state index in [9.17, 15) is 0 Å². The largest absolute Gasteiger partial charge is 0.460 e. The number of aryl methyl sites for hydroxylation is 1. The maximum atomic E-state index is 5.67. The normalized spacial score (nSPS) is 11.0. The molecule has 2 N–H and O–H groups in total. The number of rotatable bonds is 7. The third-order valence-corrected chi connectivity index (χ3v) is 3.75. The number of methoxy groups -OCH3 is 1. The third kappa shape index (κ3) is 3.70. The number of aromatic amines is 1. The van der Waals surface area contributed by atoms with E-state index in [0.717, 1.165) is 29.3 Å². The van der Waals surface area contributed by atoms with Gasteiger partial charge in [-0.2, -0.15) is 5.10 Å². The van der Waals surface area contributed by atoms with Gasteiger partial charge >= 0.3 is 0 Å². The van der Waals surface area contributed by atoms with E-state index < -0.39 is 0 Å². The number of nitrogens with zero attached hydrogens (tertiary/aromatic N) is 1. The molecule has 3 aromatic rings. The van der Waals surface area contributed by atoms with Crippen molar-refractivity contribution in [2.45, 2.75) is 26.6 Å². The highest BCUT2D eigenvalue weighted by atomic mass is 16.5. The molecule has 0 saturated heterocycles. The smallest absolute Gasteiger partial charge is 0.152 e. The van der Waals surface area contributed by atoms with E-state index in [1.165, 1.54) is 11.1 Å². The van der Waals surface area contributed by atoms with E-state index in [2.05, 4.69) is 27.6 Å². The van der Waals surface area contributed by atoms with Gasteiger partial charge in [-0.05, 0) is 30.2 Å². The van der Waals surface area contributed by atoms with Crippen LogP contribution in [0.1, 0.15) is 22.5 Å². The zero-order valence-corrected chi connectivity index (χ0v) is 13.4. The molecule has 5 heteroatoms. The number of hydrogen-bond acceptors (Lipinski definition) is 4. The topological polar surface area (TPSA) is 63.1 Å². The summed E-state index contributed by atoms with van der Waals surface area (Å²) in [5.74, 6) is 1.71. The number of furan rings is 1. The Labute approximate surface area is 135 Å². The summed E-state index contributed by atoms with van der Waals surface area (Å²) in [6.45, 7) is 4.05. The van der Waals surface area contributed by atoms with Crippen molar-refractivity contribution in [1.29, 1.82) is 0 Å². The molecular formula is C18H21N3O2. The summed E-state index contributed by atoms with van der Waals surface area (Å²) in [5, 5.41) is 10.6. The molecule has 2 heterocycles. The molecule has 120 valence electrons. The first-order valence-electron chi connectivity index (χ1n) is 7.63. The Bertz CT molecular complexity index is 761. The molecule has 1 aromatic carbocycles. The number of nitrogens with one attached hydrogen (secondary N) is 2. The Morgan fingerprint density at radius 2 is 1.87 bits per heavy atom. The molecule has 3 rings (SSSR count). The number of hydrogen-bond donors (Lipinski definition) is 2. The van der Waals surface area contributed by atoms with Crippen LogP contribution in [0.25, 0.3) is 11.5 Å². The first kappa shape index (κ1) is 15.5. The SMILES string of the molecule is COCc1ccccc1CNCc1cn[nH]c1-c1ccc(C)o1. The number of H-pyrrole nitrogens is 1. The van der Waals surface area contributed by atoms with Gasteiger partial charge in [0.25, 0.3) is 0 Å². The zero-order chi connectivity index (χ0) is 16.1. The monoisotopic (exact) mass is 311 g/mol. The molecule has 0 radical (unpaired) electrons. The molecule has 0 bridgehead atoms. The second-order valence-electron chi connectivity index (χ2n) is 5.49. The second-order valence-corrected chi connectivity index (χ2v) is 5.49. The van der Waals surface area contributed by atoms with E-state index in [4.69, 9.17) is 9.15 Å². The van der Waals surface area contributed by atoms with Crippen molar-refractivity contribution in [3.05, 3.63) is 65.0 Å². The van der Waals surface area contributed by atoms with Crippen LogP contribution in [0.2, 0.25) is 0 Å². The summed E-state index contributed by atoms with van der Waals surface area (Å²) < 4.78 is 10.9. The Hall–Kier alpha value is -2.37. The van der Waals surface area contributed by atoms with Crippen LogP contribution in [-0.2, 0) is 24.4 Å². The van der Waals surface area contributed by atoms with E-state index in [0.29, 0.717) is 13.2 Å². The van der Waals surface area contributed by atoms with Gasteiger partial charge in [0.2, 0.25) is 0 Å². The van der Waals surface area contributed by atoms with E-state index in [-0.39, 0.29) is 0 Å². The summed E-state index contributed by atoms with van der Waals surface area (Å²) >= 11 is 0. The zero-order valence-electron chi connectivity index (χ0n) is 13.4. The Morgan fingerprint density at radius 1 is 1.09 bits per heavy atom. The molecule has 0 amide bonds. The maximum absolute atomic E-state index is 5.67. The fourth-order valence-corrected chi connectivity index (χ4v) is 2.59. The standard InChI is InChI=1S/C18H21N3O2/c1-13-7-8-17(23-13)18-16(11-20-21-18)10-19-9-14-5-3-4-6-15(14)12-22-2/h3-8,11,19H,9-10,12H2,1-2H3,(H,20,21). The predicted molar refractivity (Wildman–Crippen MR) is 88.7 cm³/mol. The van der Waals surface area contributed by atoms with Crippen LogP contribution in [0.15, 0.2) is 47.0 Å². The molecule has 0 atom stereocenters. The van der Waals surface area contributed by atoms with Gasteiger partial charge in [-0.3, -0.25) is 5.10 Å². The lowest BCUT2D eigenvalue weighted by atomic mass is 10.1. The molecule has 0 spiro atoms. The second kappa shape index (κ2) is 7.26. The summed E-state index contributed by atoms with van der Waals surface area (Å²) in [6, 6.07) is 12.2. The minimum absolute atomic E-state index is 0.625. The summed E-state index contributed by atoms with van der Waals surface area (Å²) in [4.78, 5) is 0. The van der Waals surface area contributed by atoms with E-state index >= 15 is 0 Å². The minimum atomic E-state index is 0.625. The number of ether oxygens (including phenoxy) is 1. The Morgan fingerprint density at radius 3 is 2.61 bits per heavy atom. The molecule has 0 unspecified atom stereocenters. The van der Waals surface area contributed by atoms with Crippen LogP contribution in [-0.4, -0.2) is 17.3 Å². The molecule has 0 fully saturated rings. The molecule has 23 heavy (non-hydrogen) atoms. The molecule has 5 nitrogen and oxygen atoms in total. The highest BCUT2D eigenvalue weighted by Gasteiger charge is 2.11. The van der Waals surface area contributed by atoms with Crippen LogP contribution in [0, 0.1) is 6.92 Å². The molecular weight excluding hydrogens is 290 g/mol. The summed E-state index contributed by atoms with van der Waals surface area (Å²) in [7, 11) is 1.72. The first-order valence-corrected chi connectivity index (χ1v) is 7.63. The van der Waals surface area contributed by atoms with Gasteiger partial charge in [0.15, 0.2) is 5.76 Å². The quantitative estimate of drug-likeness (QED) is 0.702. The molecule has 2 aromatic heterocycles. The first-order chi connectivity index (χ1) is 11.3. The highest BCUT2D eigenvalue weighted by molar-refractivity contribution is 5.56. The van der Waals surface area contributed by atoms with Crippen LogP contribution in [0.4, 0.5) is 0 Å². The highest BCUT2D eigenvalue weighted by Crippen LogP contribution is 2.23. The van der Waals surface area contributed by atoms with Crippen LogP contribution >= 0.6 is 0 Å². The average molecular weight is 311 g/mol. The predicted octanol–water partition coefficient (Wildman–Crippen LogP) is 3.41. The van der Waals surface area contributed by atoms with Crippen molar-refractivity contribution in [2.75, 3.05) is 7.11 Å².